The number of likely N-dealkylation sites (N-methyl/N-ethyl adjacent to an activating group) is 1. The minimum atomic E-state index is -5.42. The Hall–Kier alpha value is -3.63. The SMILES string of the molecule is CN1CCN(CC(O)CN2CCN(c3cc(C(F)(F)F)cc(C(F)(F)F)c3OC(=O)N(C)c3ccc(F)cc3)C2=O)CC1. The molecular weight excluding hydrogens is 591 g/mol. The highest BCUT2D eigenvalue weighted by molar-refractivity contribution is 5.97. The molecule has 0 saturated carbocycles. The number of carbonyl (C=O) groups excluding carboxylic acids is 2. The summed E-state index contributed by atoms with van der Waals surface area (Å²) in [5.74, 6) is -1.95. The molecule has 2 saturated heterocycles. The second-order valence-electron chi connectivity index (χ2n) is 10.4. The Morgan fingerprint density at radius 1 is 0.953 bits per heavy atom. The third kappa shape index (κ3) is 7.67. The van der Waals surface area contributed by atoms with Crippen molar-refractivity contribution in [2.75, 3.05) is 76.3 Å². The van der Waals surface area contributed by atoms with E-state index in [2.05, 4.69) is 4.90 Å². The van der Waals surface area contributed by atoms with Gasteiger partial charge in [0.25, 0.3) is 0 Å². The number of anilines is 2. The molecule has 236 valence electrons. The molecule has 2 aromatic carbocycles. The average Bonchev–Trinajstić information content (AvgIpc) is 3.28. The number of carbonyl (C=O) groups is 2. The van der Waals surface area contributed by atoms with Crippen molar-refractivity contribution in [3.63, 3.8) is 0 Å². The molecule has 1 unspecified atom stereocenters. The molecule has 16 heteroatoms. The predicted molar refractivity (Wildman–Crippen MR) is 142 cm³/mol. The summed E-state index contributed by atoms with van der Waals surface area (Å²) in [6.45, 7) is 2.47. The van der Waals surface area contributed by atoms with Crippen LogP contribution < -0.4 is 14.5 Å². The van der Waals surface area contributed by atoms with Gasteiger partial charge in [0, 0.05) is 65.1 Å². The van der Waals surface area contributed by atoms with Crippen LogP contribution in [0.4, 0.5) is 51.7 Å². The van der Waals surface area contributed by atoms with Crippen LogP contribution in [0.25, 0.3) is 0 Å². The topological polar surface area (TPSA) is 79.8 Å². The molecule has 4 rings (SSSR count). The number of nitrogens with zero attached hydrogens (tertiary/aromatic N) is 5. The minimum Gasteiger partial charge on any atom is -0.407 e. The zero-order chi connectivity index (χ0) is 31.7. The highest BCUT2D eigenvalue weighted by Crippen LogP contribution is 2.47. The lowest BCUT2D eigenvalue weighted by Gasteiger charge is -2.34. The summed E-state index contributed by atoms with van der Waals surface area (Å²) in [6, 6.07) is 3.42. The Morgan fingerprint density at radius 2 is 1.58 bits per heavy atom. The third-order valence-electron chi connectivity index (χ3n) is 7.26. The summed E-state index contributed by atoms with van der Waals surface area (Å²) in [5.41, 5.74) is -4.52. The Morgan fingerprint density at radius 3 is 2.16 bits per heavy atom. The van der Waals surface area contributed by atoms with E-state index in [1.54, 1.807) is 0 Å². The lowest BCUT2D eigenvalue weighted by molar-refractivity contribution is -0.143. The third-order valence-corrected chi connectivity index (χ3v) is 7.26. The second kappa shape index (κ2) is 12.5. The average molecular weight is 622 g/mol. The van der Waals surface area contributed by atoms with E-state index in [0.717, 1.165) is 54.2 Å². The van der Waals surface area contributed by atoms with Crippen molar-refractivity contribution in [3.05, 3.63) is 53.3 Å². The number of piperazine rings is 1. The van der Waals surface area contributed by atoms with Gasteiger partial charge in [0.1, 0.15) is 11.4 Å². The maximum absolute atomic E-state index is 14.1. The van der Waals surface area contributed by atoms with Gasteiger partial charge >= 0.3 is 24.5 Å². The van der Waals surface area contributed by atoms with Crippen LogP contribution in [0, 0.1) is 5.82 Å². The van der Waals surface area contributed by atoms with Gasteiger partial charge in [-0.2, -0.15) is 26.3 Å². The summed E-state index contributed by atoms with van der Waals surface area (Å²) in [7, 11) is 3.06. The smallest absolute Gasteiger partial charge is 0.407 e. The number of ether oxygens (including phenoxy) is 1. The number of rotatable bonds is 7. The van der Waals surface area contributed by atoms with Crippen LogP contribution >= 0.6 is 0 Å². The minimum absolute atomic E-state index is 0.0196. The number of aliphatic hydroxyl groups excluding tert-OH is 1. The van der Waals surface area contributed by atoms with E-state index in [-0.39, 0.29) is 37.9 Å². The number of aliphatic hydroxyl groups is 1. The van der Waals surface area contributed by atoms with E-state index < -0.39 is 59.0 Å². The molecule has 1 N–H and O–H groups in total. The van der Waals surface area contributed by atoms with Crippen LogP contribution in [0.5, 0.6) is 5.75 Å². The van der Waals surface area contributed by atoms with Gasteiger partial charge in [0.05, 0.1) is 17.4 Å². The Bertz CT molecular complexity index is 1310. The van der Waals surface area contributed by atoms with Gasteiger partial charge < -0.3 is 19.6 Å². The first kappa shape index (κ1) is 32.3. The van der Waals surface area contributed by atoms with Crippen molar-refractivity contribution < 1.29 is 50.2 Å². The number of alkyl halides is 6. The Labute approximate surface area is 242 Å². The van der Waals surface area contributed by atoms with E-state index in [0.29, 0.717) is 24.1 Å². The molecule has 0 aliphatic carbocycles. The van der Waals surface area contributed by atoms with Crippen LogP contribution in [0.15, 0.2) is 36.4 Å². The fourth-order valence-electron chi connectivity index (χ4n) is 4.84. The van der Waals surface area contributed by atoms with E-state index in [1.807, 2.05) is 11.9 Å². The number of amides is 3. The van der Waals surface area contributed by atoms with Gasteiger partial charge in [0.15, 0.2) is 5.75 Å². The van der Waals surface area contributed by atoms with Crippen molar-refractivity contribution >= 4 is 23.5 Å². The molecule has 9 nitrogen and oxygen atoms in total. The van der Waals surface area contributed by atoms with E-state index in [9.17, 15) is 45.4 Å². The zero-order valence-electron chi connectivity index (χ0n) is 23.3. The highest BCUT2D eigenvalue weighted by atomic mass is 19.4. The Kier molecular flexibility index (Phi) is 9.42. The number of hydrogen-bond donors (Lipinski definition) is 1. The maximum Gasteiger partial charge on any atom is 0.420 e. The van der Waals surface area contributed by atoms with Gasteiger partial charge in [-0.3, -0.25) is 14.7 Å². The van der Waals surface area contributed by atoms with Crippen molar-refractivity contribution in [2.24, 2.45) is 0 Å². The van der Waals surface area contributed by atoms with Gasteiger partial charge in [0.2, 0.25) is 0 Å². The lowest BCUT2D eigenvalue weighted by Crippen LogP contribution is -2.49. The number of halogens is 7. The molecule has 2 heterocycles. The first-order valence-corrected chi connectivity index (χ1v) is 13.2. The number of benzene rings is 2. The molecule has 3 amide bonds. The largest absolute Gasteiger partial charge is 0.420 e. The molecule has 1 atom stereocenters. The summed E-state index contributed by atoms with van der Waals surface area (Å²) in [5, 5.41) is 10.6. The van der Waals surface area contributed by atoms with Crippen molar-refractivity contribution in [2.45, 2.75) is 18.5 Å². The number of urea groups is 1. The summed E-state index contributed by atoms with van der Waals surface area (Å²) < 4.78 is 102. The molecule has 0 aromatic heterocycles. The van der Waals surface area contributed by atoms with Gasteiger partial charge in [-0.05, 0) is 43.4 Å². The van der Waals surface area contributed by atoms with Crippen LogP contribution in [0.2, 0.25) is 0 Å². The van der Waals surface area contributed by atoms with Crippen LogP contribution in [-0.4, -0.2) is 104 Å². The molecule has 2 aliphatic rings. The van der Waals surface area contributed by atoms with Gasteiger partial charge in [-0.25, -0.2) is 14.0 Å². The normalized spacial score (nSPS) is 17.9. The Balaban J connectivity index is 1.64. The number of β-amino-alcohol motifs (C(OH)–C–C–N with tert-alkyl or cyclic N) is 1. The molecule has 2 fully saturated rings. The molecule has 0 radical (unpaired) electrons. The summed E-state index contributed by atoms with van der Waals surface area (Å²) in [4.78, 5) is 32.8. The maximum atomic E-state index is 14.1. The molecule has 0 spiro atoms. The van der Waals surface area contributed by atoms with Gasteiger partial charge in [-0.15, -0.1) is 0 Å². The van der Waals surface area contributed by atoms with Crippen LogP contribution in [-0.2, 0) is 12.4 Å². The lowest BCUT2D eigenvalue weighted by atomic mass is 10.1. The van der Waals surface area contributed by atoms with Crippen LogP contribution in [0.3, 0.4) is 0 Å². The molecular formula is C27H30F7N5O4. The van der Waals surface area contributed by atoms with Crippen LogP contribution in [0.1, 0.15) is 11.1 Å². The number of hydrogen-bond acceptors (Lipinski definition) is 6. The first-order valence-electron chi connectivity index (χ1n) is 13.2. The summed E-state index contributed by atoms with van der Waals surface area (Å²) >= 11 is 0. The van der Waals surface area contributed by atoms with E-state index >= 15 is 0 Å². The fourth-order valence-corrected chi connectivity index (χ4v) is 4.84. The molecule has 2 aromatic rings. The first-order chi connectivity index (χ1) is 20.0. The van der Waals surface area contributed by atoms with Crippen molar-refractivity contribution in [1.82, 2.24) is 14.7 Å². The molecule has 2 aliphatic heterocycles. The van der Waals surface area contributed by atoms with E-state index in [4.69, 9.17) is 4.74 Å². The molecule has 0 bridgehead atoms. The van der Waals surface area contributed by atoms with E-state index in [1.165, 1.54) is 0 Å². The second-order valence-corrected chi connectivity index (χ2v) is 10.4. The molecule has 43 heavy (non-hydrogen) atoms. The predicted octanol–water partition coefficient (Wildman–Crippen LogP) is 4.35. The van der Waals surface area contributed by atoms with Crippen molar-refractivity contribution in [1.29, 1.82) is 0 Å². The summed E-state index contributed by atoms with van der Waals surface area (Å²) in [6.07, 6.45) is -13.1. The van der Waals surface area contributed by atoms with Gasteiger partial charge in [-0.1, -0.05) is 0 Å². The fraction of sp³-hybridized carbons (Fsp3) is 0.481. The quantitative estimate of drug-likeness (QED) is 0.464. The monoisotopic (exact) mass is 621 g/mol. The highest BCUT2D eigenvalue weighted by Gasteiger charge is 2.44. The zero-order valence-corrected chi connectivity index (χ0v) is 23.3. The van der Waals surface area contributed by atoms with Crippen molar-refractivity contribution in [3.8, 4) is 5.75 Å². The standard InChI is InChI=1S/C27H30F7N5O4/c1-35-7-9-37(10-8-35)15-20(40)16-38-11-12-39(24(38)41)22-14-17(26(29,30)31)13-21(27(32,33)34)23(22)43-25(42)36(2)19-5-3-18(28)4-6-19/h3-6,13-14,20,40H,7-12,15-16H2,1-2H3.